The van der Waals surface area contributed by atoms with Gasteiger partial charge in [-0.1, -0.05) is 41.6 Å². The number of ether oxygens (including phenoxy) is 2. The first-order valence-electron chi connectivity index (χ1n) is 11.2. The summed E-state index contributed by atoms with van der Waals surface area (Å²) in [7, 11) is 1.58. The predicted molar refractivity (Wildman–Crippen MR) is 133 cm³/mol. The van der Waals surface area contributed by atoms with E-state index in [9.17, 15) is 4.79 Å². The number of benzene rings is 2. The molecule has 178 valence electrons. The third kappa shape index (κ3) is 5.95. The number of methoxy groups -OCH3 is 1. The number of nitrogens with one attached hydrogen (secondary N) is 1. The van der Waals surface area contributed by atoms with E-state index in [1.54, 1.807) is 25.6 Å². The fourth-order valence-electron chi connectivity index (χ4n) is 3.69. The fraction of sp³-hybridized carbons (Fsp3) is 0.179. The SMILES string of the molecule is COc1cc(/C=C/C(=O)NC(c2ccccc2)c2ccncc2)ccc1OCc1c(C)noc1C. The Bertz CT molecular complexity index is 1240. The second-order valence-corrected chi connectivity index (χ2v) is 7.97. The van der Waals surface area contributed by atoms with E-state index in [-0.39, 0.29) is 11.9 Å². The number of hydrogen-bond donors (Lipinski definition) is 1. The highest BCUT2D eigenvalue weighted by molar-refractivity contribution is 5.92. The number of aryl methyl sites for hydroxylation is 2. The molecule has 7 nitrogen and oxygen atoms in total. The number of amides is 1. The van der Waals surface area contributed by atoms with Gasteiger partial charge < -0.3 is 19.3 Å². The first kappa shape index (κ1) is 23.8. The molecule has 1 N–H and O–H groups in total. The van der Waals surface area contributed by atoms with E-state index in [1.807, 2.05) is 74.5 Å². The molecule has 1 amide bonds. The minimum absolute atomic E-state index is 0.214. The van der Waals surface area contributed by atoms with Crippen molar-refractivity contribution in [2.75, 3.05) is 7.11 Å². The summed E-state index contributed by atoms with van der Waals surface area (Å²) in [4.78, 5) is 16.9. The zero-order valence-corrected chi connectivity index (χ0v) is 19.9. The molecule has 2 heterocycles. The summed E-state index contributed by atoms with van der Waals surface area (Å²) >= 11 is 0. The third-order valence-electron chi connectivity index (χ3n) is 5.63. The van der Waals surface area contributed by atoms with Crippen LogP contribution >= 0.6 is 0 Å². The van der Waals surface area contributed by atoms with Gasteiger partial charge >= 0.3 is 0 Å². The van der Waals surface area contributed by atoms with Crippen LogP contribution in [0.3, 0.4) is 0 Å². The Morgan fingerprint density at radius 1 is 1.03 bits per heavy atom. The van der Waals surface area contributed by atoms with E-state index in [2.05, 4.69) is 15.5 Å². The molecule has 2 aromatic carbocycles. The van der Waals surface area contributed by atoms with Crippen LogP contribution < -0.4 is 14.8 Å². The van der Waals surface area contributed by atoms with Crippen LogP contribution in [0.4, 0.5) is 0 Å². The van der Waals surface area contributed by atoms with Crippen molar-refractivity contribution in [1.82, 2.24) is 15.5 Å². The molecule has 2 aromatic heterocycles. The molecule has 0 radical (unpaired) electrons. The molecule has 0 bridgehead atoms. The lowest BCUT2D eigenvalue weighted by Gasteiger charge is -2.18. The highest BCUT2D eigenvalue weighted by atomic mass is 16.5. The van der Waals surface area contributed by atoms with Crippen LogP contribution in [0.5, 0.6) is 11.5 Å². The monoisotopic (exact) mass is 469 g/mol. The molecule has 0 aliphatic carbocycles. The van der Waals surface area contributed by atoms with Crippen LogP contribution in [0, 0.1) is 13.8 Å². The number of carbonyl (C=O) groups is 1. The van der Waals surface area contributed by atoms with Gasteiger partial charge in [-0.2, -0.15) is 0 Å². The van der Waals surface area contributed by atoms with E-state index in [0.717, 1.165) is 33.7 Å². The van der Waals surface area contributed by atoms with Crippen LogP contribution in [0.2, 0.25) is 0 Å². The summed E-state index contributed by atoms with van der Waals surface area (Å²) in [5.41, 5.74) is 4.46. The molecule has 1 atom stereocenters. The Morgan fingerprint density at radius 3 is 2.46 bits per heavy atom. The van der Waals surface area contributed by atoms with Crippen molar-refractivity contribution in [3.05, 3.63) is 113 Å². The van der Waals surface area contributed by atoms with Crippen molar-refractivity contribution in [2.45, 2.75) is 26.5 Å². The normalized spacial score (nSPS) is 11.9. The Labute approximate surface area is 204 Å². The quantitative estimate of drug-likeness (QED) is 0.339. The minimum atomic E-state index is -0.286. The summed E-state index contributed by atoms with van der Waals surface area (Å²) in [6.07, 6.45) is 6.69. The summed E-state index contributed by atoms with van der Waals surface area (Å²) in [5, 5.41) is 7.03. The predicted octanol–water partition coefficient (Wildman–Crippen LogP) is 5.19. The van der Waals surface area contributed by atoms with Crippen molar-refractivity contribution >= 4 is 12.0 Å². The number of pyridine rings is 1. The molecule has 0 aliphatic heterocycles. The second kappa shape index (κ2) is 11.2. The Balaban J connectivity index is 1.46. The minimum Gasteiger partial charge on any atom is -0.493 e. The molecular formula is C28H27N3O4. The summed E-state index contributed by atoms with van der Waals surface area (Å²) < 4.78 is 16.6. The molecule has 0 fully saturated rings. The standard InChI is InChI=1S/C28H27N3O4/c1-19-24(20(2)35-31-19)18-34-25-11-9-21(17-26(25)33-3)10-12-27(32)30-28(22-7-5-4-6-8-22)23-13-15-29-16-14-23/h4-17,28H,18H2,1-3H3,(H,30,32)/b12-10+. The zero-order valence-electron chi connectivity index (χ0n) is 19.9. The van der Waals surface area contributed by atoms with Crippen LogP contribution in [-0.2, 0) is 11.4 Å². The van der Waals surface area contributed by atoms with Gasteiger partial charge in [0.2, 0.25) is 5.91 Å². The van der Waals surface area contributed by atoms with Gasteiger partial charge in [-0.15, -0.1) is 0 Å². The van der Waals surface area contributed by atoms with E-state index in [0.29, 0.717) is 18.1 Å². The molecular weight excluding hydrogens is 442 g/mol. The maximum atomic E-state index is 12.8. The lowest BCUT2D eigenvalue weighted by atomic mass is 9.99. The van der Waals surface area contributed by atoms with Gasteiger partial charge in [0.1, 0.15) is 12.4 Å². The van der Waals surface area contributed by atoms with E-state index in [4.69, 9.17) is 14.0 Å². The van der Waals surface area contributed by atoms with Gasteiger partial charge in [-0.25, -0.2) is 0 Å². The number of nitrogens with zero attached hydrogens (tertiary/aromatic N) is 2. The lowest BCUT2D eigenvalue weighted by Crippen LogP contribution is -2.27. The first-order valence-corrected chi connectivity index (χ1v) is 11.2. The summed E-state index contributed by atoms with van der Waals surface area (Å²) in [6.45, 7) is 4.05. The fourth-order valence-corrected chi connectivity index (χ4v) is 3.69. The maximum absolute atomic E-state index is 12.8. The van der Waals surface area contributed by atoms with Gasteiger partial charge in [0.05, 0.1) is 24.4 Å². The van der Waals surface area contributed by atoms with Gasteiger partial charge in [0.25, 0.3) is 0 Å². The number of hydrogen-bond acceptors (Lipinski definition) is 6. The molecule has 0 spiro atoms. The van der Waals surface area contributed by atoms with E-state index in [1.165, 1.54) is 6.08 Å². The van der Waals surface area contributed by atoms with E-state index >= 15 is 0 Å². The zero-order chi connectivity index (χ0) is 24.6. The molecule has 4 rings (SSSR count). The van der Waals surface area contributed by atoms with Crippen molar-refractivity contribution in [2.24, 2.45) is 0 Å². The van der Waals surface area contributed by atoms with Crippen molar-refractivity contribution in [3.8, 4) is 11.5 Å². The molecule has 0 aliphatic rings. The van der Waals surface area contributed by atoms with Gasteiger partial charge in [-0.3, -0.25) is 9.78 Å². The van der Waals surface area contributed by atoms with Crippen LogP contribution in [0.15, 0.2) is 83.7 Å². The number of carbonyl (C=O) groups excluding carboxylic acids is 1. The smallest absolute Gasteiger partial charge is 0.244 e. The average molecular weight is 470 g/mol. The molecule has 0 saturated heterocycles. The first-order chi connectivity index (χ1) is 17.0. The van der Waals surface area contributed by atoms with E-state index < -0.39 is 0 Å². The summed E-state index contributed by atoms with van der Waals surface area (Å²) in [5.74, 6) is 1.68. The maximum Gasteiger partial charge on any atom is 0.244 e. The van der Waals surface area contributed by atoms with Gasteiger partial charge in [0, 0.05) is 18.5 Å². The Kier molecular flexibility index (Phi) is 7.57. The summed E-state index contributed by atoms with van der Waals surface area (Å²) in [6, 6.07) is 18.8. The highest BCUT2D eigenvalue weighted by Crippen LogP contribution is 2.30. The number of rotatable bonds is 9. The topological polar surface area (TPSA) is 86.5 Å². The molecule has 4 aromatic rings. The molecule has 7 heteroatoms. The van der Waals surface area contributed by atoms with Crippen LogP contribution in [0.1, 0.15) is 39.7 Å². The van der Waals surface area contributed by atoms with Crippen LogP contribution in [0.25, 0.3) is 6.08 Å². The second-order valence-electron chi connectivity index (χ2n) is 7.97. The Morgan fingerprint density at radius 2 is 1.77 bits per heavy atom. The highest BCUT2D eigenvalue weighted by Gasteiger charge is 2.16. The Hall–Kier alpha value is -4.39. The van der Waals surface area contributed by atoms with Gasteiger partial charge in [-0.05, 0) is 60.9 Å². The molecule has 0 saturated carbocycles. The molecule has 1 unspecified atom stereocenters. The average Bonchev–Trinajstić information content (AvgIpc) is 3.22. The largest absolute Gasteiger partial charge is 0.493 e. The van der Waals surface area contributed by atoms with Crippen LogP contribution in [-0.4, -0.2) is 23.2 Å². The lowest BCUT2D eigenvalue weighted by molar-refractivity contribution is -0.116. The number of aromatic nitrogens is 2. The van der Waals surface area contributed by atoms with Crippen molar-refractivity contribution in [3.63, 3.8) is 0 Å². The van der Waals surface area contributed by atoms with Gasteiger partial charge in [0.15, 0.2) is 11.5 Å². The third-order valence-corrected chi connectivity index (χ3v) is 5.63. The molecule has 35 heavy (non-hydrogen) atoms. The van der Waals surface area contributed by atoms with Crippen molar-refractivity contribution < 1.29 is 18.8 Å². The van der Waals surface area contributed by atoms with Crippen molar-refractivity contribution in [1.29, 1.82) is 0 Å².